The maximum absolute atomic E-state index is 11.4. The second-order valence-corrected chi connectivity index (χ2v) is 6.25. The minimum Gasteiger partial charge on any atom is -0.428 e. The van der Waals surface area contributed by atoms with Gasteiger partial charge >= 0.3 is 6.16 Å². The maximum atomic E-state index is 11.4. The smallest absolute Gasteiger partial charge is 0.428 e. The van der Waals surface area contributed by atoms with Crippen LogP contribution in [0.5, 0.6) is 0 Å². The molecule has 0 unspecified atom stereocenters. The third kappa shape index (κ3) is 10.1. The topological polar surface area (TPSA) is 54.0 Å². The van der Waals surface area contributed by atoms with Crippen LogP contribution < -0.4 is 0 Å². The van der Waals surface area contributed by atoms with E-state index in [-0.39, 0.29) is 0 Å². The first kappa shape index (κ1) is 16.2. The monoisotopic (exact) mass is 248 g/mol. The molecule has 0 N–H and O–H groups in total. The van der Waals surface area contributed by atoms with E-state index in [1.807, 2.05) is 20.8 Å². The summed E-state index contributed by atoms with van der Waals surface area (Å²) in [5, 5.41) is 0. The summed E-state index contributed by atoms with van der Waals surface area (Å²) in [7, 11) is 0. The Morgan fingerprint density at radius 2 is 1.18 bits per heavy atom. The molecule has 0 saturated heterocycles. The zero-order chi connectivity index (χ0) is 13.9. The van der Waals surface area contributed by atoms with Crippen LogP contribution >= 0.6 is 0 Å². The predicted molar refractivity (Wildman–Crippen MR) is 63.3 cm³/mol. The molecular weight excluding hydrogens is 224 g/mol. The van der Waals surface area contributed by atoms with E-state index >= 15 is 0 Å². The summed E-state index contributed by atoms with van der Waals surface area (Å²) in [5.41, 5.74) is -1.08. The molecule has 5 nitrogen and oxygen atoms in total. The highest BCUT2D eigenvalue weighted by molar-refractivity contribution is 5.60. The van der Waals surface area contributed by atoms with E-state index in [1.165, 1.54) is 0 Å². The molecule has 0 aliphatic rings. The number of rotatable bonds is 3. The standard InChI is InChI=1S/C12H24O5/c1-10(2,3)14-9(13)15-12(7,8)17-16-11(4,5)6/h1-8H3. The Balaban J connectivity index is 4.21. The number of hydrogen-bond donors (Lipinski definition) is 0. The fraction of sp³-hybridized carbons (Fsp3) is 0.917. The normalized spacial score (nSPS) is 13.4. The zero-order valence-electron chi connectivity index (χ0n) is 12.0. The molecule has 0 aromatic rings. The summed E-state index contributed by atoms with van der Waals surface area (Å²) < 4.78 is 10.0. The van der Waals surface area contributed by atoms with Crippen LogP contribution in [0, 0.1) is 0 Å². The van der Waals surface area contributed by atoms with Crippen LogP contribution in [0.1, 0.15) is 55.4 Å². The lowest BCUT2D eigenvalue weighted by Gasteiger charge is -2.29. The zero-order valence-corrected chi connectivity index (χ0v) is 12.0. The predicted octanol–water partition coefficient (Wildman–Crippen LogP) is 3.42. The van der Waals surface area contributed by atoms with E-state index in [0.717, 1.165) is 0 Å². The molecule has 0 rings (SSSR count). The lowest BCUT2D eigenvalue weighted by molar-refractivity contribution is -0.441. The third-order valence-corrected chi connectivity index (χ3v) is 1.21. The molecule has 102 valence electrons. The molecule has 0 aliphatic carbocycles. The molecule has 0 radical (unpaired) electrons. The van der Waals surface area contributed by atoms with E-state index in [2.05, 4.69) is 0 Å². The van der Waals surface area contributed by atoms with E-state index in [1.54, 1.807) is 34.6 Å². The summed E-state index contributed by atoms with van der Waals surface area (Å²) >= 11 is 0. The van der Waals surface area contributed by atoms with Crippen molar-refractivity contribution in [2.24, 2.45) is 0 Å². The molecule has 0 aliphatic heterocycles. The van der Waals surface area contributed by atoms with Gasteiger partial charge in [-0.1, -0.05) is 0 Å². The van der Waals surface area contributed by atoms with Gasteiger partial charge in [0.15, 0.2) is 0 Å². The van der Waals surface area contributed by atoms with Crippen molar-refractivity contribution in [3.05, 3.63) is 0 Å². The van der Waals surface area contributed by atoms with Crippen molar-refractivity contribution < 1.29 is 24.0 Å². The minimum atomic E-state index is -1.20. The van der Waals surface area contributed by atoms with Gasteiger partial charge in [0.25, 0.3) is 0 Å². The summed E-state index contributed by atoms with van der Waals surface area (Å²) in [6.45, 7) is 13.9. The molecule has 17 heavy (non-hydrogen) atoms. The lowest BCUT2D eigenvalue weighted by Crippen LogP contribution is -2.37. The highest BCUT2D eigenvalue weighted by Gasteiger charge is 2.30. The average molecular weight is 248 g/mol. The van der Waals surface area contributed by atoms with Crippen molar-refractivity contribution in [2.75, 3.05) is 0 Å². The van der Waals surface area contributed by atoms with Gasteiger partial charge in [0.05, 0.1) is 5.60 Å². The average Bonchev–Trinajstić information content (AvgIpc) is 1.94. The van der Waals surface area contributed by atoms with Crippen LogP contribution in [0.15, 0.2) is 0 Å². The van der Waals surface area contributed by atoms with Gasteiger partial charge in [-0.05, 0) is 41.5 Å². The Kier molecular flexibility index (Phi) is 4.98. The van der Waals surface area contributed by atoms with Crippen molar-refractivity contribution in [2.45, 2.75) is 72.4 Å². The SMILES string of the molecule is CC(C)(C)OOC(C)(C)OC(=O)OC(C)(C)C. The second-order valence-electron chi connectivity index (χ2n) is 6.25. The number of carbonyl (C=O) groups excluding carboxylic acids is 1. The largest absolute Gasteiger partial charge is 0.511 e. The molecular formula is C12H24O5. The first-order valence-corrected chi connectivity index (χ1v) is 5.60. The van der Waals surface area contributed by atoms with Gasteiger partial charge in [-0.3, -0.25) is 0 Å². The molecule has 0 spiro atoms. The number of carbonyl (C=O) groups is 1. The van der Waals surface area contributed by atoms with Crippen molar-refractivity contribution in [1.82, 2.24) is 0 Å². The molecule has 0 saturated carbocycles. The molecule has 0 aromatic heterocycles. The quantitative estimate of drug-likeness (QED) is 0.331. The Labute approximate surface area is 103 Å². The first-order valence-electron chi connectivity index (χ1n) is 5.60. The van der Waals surface area contributed by atoms with Crippen LogP contribution in [-0.2, 0) is 19.2 Å². The minimum absolute atomic E-state index is 0.478. The molecule has 0 amide bonds. The molecule has 5 heteroatoms. The highest BCUT2D eigenvalue weighted by atomic mass is 17.2. The lowest BCUT2D eigenvalue weighted by atomic mass is 10.2. The van der Waals surface area contributed by atoms with Gasteiger partial charge in [-0.2, -0.15) is 4.89 Å². The fourth-order valence-corrected chi connectivity index (χ4v) is 0.714. The maximum Gasteiger partial charge on any atom is 0.511 e. The second kappa shape index (κ2) is 5.23. The van der Waals surface area contributed by atoms with Gasteiger partial charge in [0.1, 0.15) is 5.60 Å². The van der Waals surface area contributed by atoms with Gasteiger partial charge in [-0.25, -0.2) is 9.68 Å². The van der Waals surface area contributed by atoms with Gasteiger partial charge in [-0.15, -0.1) is 0 Å². The summed E-state index contributed by atoms with van der Waals surface area (Å²) in [5.74, 6) is -1.20. The van der Waals surface area contributed by atoms with E-state index in [9.17, 15) is 4.79 Å². The van der Waals surface area contributed by atoms with Crippen molar-refractivity contribution in [3.8, 4) is 0 Å². The summed E-state index contributed by atoms with van der Waals surface area (Å²) in [6, 6.07) is 0. The van der Waals surface area contributed by atoms with Crippen LogP contribution in [0.4, 0.5) is 4.79 Å². The van der Waals surface area contributed by atoms with Gasteiger partial charge in [0, 0.05) is 13.8 Å². The van der Waals surface area contributed by atoms with Crippen molar-refractivity contribution >= 4 is 6.16 Å². The Hall–Kier alpha value is -0.810. The number of hydrogen-bond acceptors (Lipinski definition) is 5. The number of ether oxygens (including phenoxy) is 2. The van der Waals surface area contributed by atoms with Crippen molar-refractivity contribution in [3.63, 3.8) is 0 Å². The van der Waals surface area contributed by atoms with Crippen LogP contribution in [0.3, 0.4) is 0 Å². The van der Waals surface area contributed by atoms with Crippen molar-refractivity contribution in [1.29, 1.82) is 0 Å². The Morgan fingerprint density at radius 1 is 0.706 bits per heavy atom. The molecule has 0 aromatic carbocycles. The van der Waals surface area contributed by atoms with Crippen LogP contribution in [0.25, 0.3) is 0 Å². The summed E-state index contributed by atoms with van der Waals surface area (Å²) in [6.07, 6.45) is -0.792. The van der Waals surface area contributed by atoms with Gasteiger partial charge < -0.3 is 9.47 Å². The highest BCUT2D eigenvalue weighted by Crippen LogP contribution is 2.19. The van der Waals surface area contributed by atoms with Crippen LogP contribution in [-0.4, -0.2) is 23.1 Å². The Morgan fingerprint density at radius 3 is 1.53 bits per heavy atom. The molecule has 0 fully saturated rings. The third-order valence-electron chi connectivity index (χ3n) is 1.21. The fourth-order valence-electron chi connectivity index (χ4n) is 0.714. The van der Waals surface area contributed by atoms with Gasteiger partial charge in [0.2, 0.25) is 5.79 Å². The van der Waals surface area contributed by atoms with E-state index < -0.39 is 23.1 Å². The Bertz CT molecular complexity index is 257. The molecule has 0 atom stereocenters. The molecule has 0 heterocycles. The van der Waals surface area contributed by atoms with Crippen LogP contribution in [0.2, 0.25) is 0 Å². The molecule has 0 bridgehead atoms. The van der Waals surface area contributed by atoms with E-state index in [4.69, 9.17) is 19.2 Å². The summed E-state index contributed by atoms with van der Waals surface area (Å²) in [4.78, 5) is 21.6. The van der Waals surface area contributed by atoms with E-state index in [0.29, 0.717) is 0 Å². The first-order chi connectivity index (χ1) is 7.31.